The Kier molecular flexibility index (Phi) is 4.63. The maximum atomic E-state index is 12.8. The summed E-state index contributed by atoms with van der Waals surface area (Å²) in [4.78, 5) is 32.0. The lowest BCUT2D eigenvalue weighted by Crippen LogP contribution is -2.51. The minimum absolute atomic E-state index is 0.113. The molecule has 1 saturated heterocycles. The predicted octanol–water partition coefficient (Wildman–Crippen LogP) is 2.42. The zero-order valence-electron chi connectivity index (χ0n) is 15.8. The molecule has 2 fully saturated rings. The first-order valence-corrected chi connectivity index (χ1v) is 10.7. The number of para-hydroxylation sites is 1. The Labute approximate surface area is 172 Å². The molecular weight excluding hydrogens is 386 g/mol. The normalized spacial score (nSPS) is 21.2. The van der Waals surface area contributed by atoms with E-state index >= 15 is 0 Å². The molecule has 2 unspecified atom stereocenters. The smallest absolute Gasteiger partial charge is 0.276 e. The third-order valence-corrected chi connectivity index (χ3v) is 6.60. The predicted molar refractivity (Wildman–Crippen MR) is 109 cm³/mol. The van der Waals surface area contributed by atoms with Crippen LogP contribution in [0, 0.1) is 5.92 Å². The fourth-order valence-electron chi connectivity index (χ4n) is 3.86. The van der Waals surface area contributed by atoms with E-state index in [2.05, 4.69) is 21.6 Å². The summed E-state index contributed by atoms with van der Waals surface area (Å²) in [6.45, 7) is 2.20. The highest BCUT2D eigenvalue weighted by Crippen LogP contribution is 2.50. The summed E-state index contributed by atoms with van der Waals surface area (Å²) in [5, 5.41) is 10.6. The van der Waals surface area contributed by atoms with E-state index in [9.17, 15) is 9.59 Å². The molecule has 0 N–H and O–H groups in total. The van der Waals surface area contributed by atoms with Crippen LogP contribution < -0.4 is 0 Å². The molecule has 3 heterocycles. The highest BCUT2D eigenvalue weighted by atomic mass is 32.1. The number of piperazine rings is 1. The summed E-state index contributed by atoms with van der Waals surface area (Å²) >= 11 is 1.73. The Morgan fingerprint density at radius 3 is 2.45 bits per heavy atom. The number of amides is 2. The minimum Gasteiger partial charge on any atom is -0.339 e. The van der Waals surface area contributed by atoms with E-state index in [0.717, 1.165) is 12.1 Å². The molecule has 0 bridgehead atoms. The molecule has 0 radical (unpaired) electrons. The van der Waals surface area contributed by atoms with Crippen LogP contribution in [0.3, 0.4) is 0 Å². The molecule has 2 atom stereocenters. The molecule has 1 aliphatic heterocycles. The molecule has 148 valence electrons. The minimum atomic E-state index is -0.137. The van der Waals surface area contributed by atoms with E-state index in [1.807, 2.05) is 41.3 Å². The van der Waals surface area contributed by atoms with Gasteiger partial charge < -0.3 is 9.80 Å². The number of carbonyl (C=O) groups excluding carboxylic acids is 2. The van der Waals surface area contributed by atoms with E-state index in [-0.39, 0.29) is 17.7 Å². The molecule has 2 aliphatic rings. The van der Waals surface area contributed by atoms with Gasteiger partial charge >= 0.3 is 0 Å². The van der Waals surface area contributed by atoms with E-state index in [4.69, 9.17) is 0 Å². The number of carbonyl (C=O) groups is 2. The van der Waals surface area contributed by atoms with Crippen molar-refractivity contribution in [2.24, 2.45) is 5.92 Å². The van der Waals surface area contributed by atoms with Gasteiger partial charge in [-0.3, -0.25) is 9.59 Å². The zero-order chi connectivity index (χ0) is 19.8. The van der Waals surface area contributed by atoms with E-state index in [1.165, 1.54) is 15.9 Å². The maximum absolute atomic E-state index is 12.8. The quantitative estimate of drug-likeness (QED) is 0.666. The van der Waals surface area contributed by atoms with Crippen molar-refractivity contribution in [1.82, 2.24) is 24.8 Å². The van der Waals surface area contributed by atoms with Crippen LogP contribution in [0.4, 0.5) is 0 Å². The Hall–Kier alpha value is -3.00. The van der Waals surface area contributed by atoms with Crippen LogP contribution in [-0.4, -0.2) is 62.8 Å². The van der Waals surface area contributed by atoms with Gasteiger partial charge in [-0.05, 0) is 30.0 Å². The average molecular weight is 407 g/mol. The first kappa shape index (κ1) is 18.1. The van der Waals surface area contributed by atoms with Crippen LogP contribution in [0.1, 0.15) is 27.7 Å². The summed E-state index contributed by atoms with van der Waals surface area (Å²) in [5.74, 6) is 0.588. The fourth-order valence-corrected chi connectivity index (χ4v) is 4.76. The topological polar surface area (TPSA) is 71.3 Å². The lowest BCUT2D eigenvalue weighted by molar-refractivity contribution is -0.134. The van der Waals surface area contributed by atoms with Crippen molar-refractivity contribution < 1.29 is 9.59 Å². The van der Waals surface area contributed by atoms with Gasteiger partial charge in [0.05, 0.1) is 11.9 Å². The van der Waals surface area contributed by atoms with E-state index < -0.39 is 0 Å². The van der Waals surface area contributed by atoms with Crippen molar-refractivity contribution in [3.63, 3.8) is 0 Å². The van der Waals surface area contributed by atoms with Gasteiger partial charge in [0, 0.05) is 42.9 Å². The Morgan fingerprint density at radius 1 is 0.966 bits per heavy atom. The number of nitrogens with zero attached hydrogens (tertiary/aromatic N) is 5. The Morgan fingerprint density at radius 2 is 1.72 bits per heavy atom. The first-order valence-electron chi connectivity index (χ1n) is 9.80. The highest BCUT2D eigenvalue weighted by molar-refractivity contribution is 7.10. The standard InChI is InChI=1S/C21H21N5O2S/c27-20(17-13-16(17)19-7-4-12-29-19)24-8-10-25(11-9-24)21(28)18-14-22-26(23-18)15-5-2-1-3-6-15/h1-7,12,14,16-17H,8-11,13H2. The monoisotopic (exact) mass is 407 g/mol. The van der Waals surface area contributed by atoms with Crippen molar-refractivity contribution >= 4 is 23.2 Å². The molecule has 1 aliphatic carbocycles. The fraction of sp³-hybridized carbons (Fsp3) is 0.333. The summed E-state index contributed by atoms with van der Waals surface area (Å²) in [6.07, 6.45) is 2.45. The van der Waals surface area contributed by atoms with Gasteiger partial charge in [-0.15, -0.1) is 16.4 Å². The third kappa shape index (κ3) is 3.55. The van der Waals surface area contributed by atoms with E-state index in [1.54, 1.807) is 16.2 Å². The van der Waals surface area contributed by atoms with Gasteiger partial charge in [0.1, 0.15) is 0 Å². The SMILES string of the molecule is O=C(c1cnn(-c2ccccc2)n1)N1CCN(C(=O)C2CC2c2cccs2)CC1. The largest absolute Gasteiger partial charge is 0.339 e. The van der Waals surface area contributed by atoms with Crippen molar-refractivity contribution in [2.75, 3.05) is 26.2 Å². The number of thiophene rings is 1. The highest BCUT2D eigenvalue weighted by Gasteiger charge is 2.46. The molecule has 7 nitrogen and oxygen atoms in total. The second-order valence-electron chi connectivity index (χ2n) is 7.44. The lowest BCUT2D eigenvalue weighted by Gasteiger charge is -2.34. The van der Waals surface area contributed by atoms with Gasteiger partial charge in [-0.1, -0.05) is 24.3 Å². The van der Waals surface area contributed by atoms with Crippen molar-refractivity contribution in [1.29, 1.82) is 0 Å². The second kappa shape index (κ2) is 7.44. The number of aromatic nitrogens is 3. The van der Waals surface area contributed by atoms with Crippen LogP contribution in [0.15, 0.2) is 54.0 Å². The number of hydrogen-bond donors (Lipinski definition) is 0. The molecule has 3 aromatic rings. The maximum Gasteiger partial charge on any atom is 0.276 e. The summed E-state index contributed by atoms with van der Waals surface area (Å²) in [7, 11) is 0. The van der Waals surface area contributed by atoms with Crippen molar-refractivity contribution in [2.45, 2.75) is 12.3 Å². The summed E-state index contributed by atoms with van der Waals surface area (Å²) < 4.78 is 0. The Balaban J connectivity index is 1.17. The van der Waals surface area contributed by atoms with Crippen LogP contribution in [0.5, 0.6) is 0 Å². The first-order chi connectivity index (χ1) is 14.2. The molecule has 8 heteroatoms. The molecule has 2 aromatic heterocycles. The zero-order valence-corrected chi connectivity index (χ0v) is 16.7. The summed E-state index contributed by atoms with van der Waals surface area (Å²) in [5.41, 5.74) is 1.14. The van der Waals surface area contributed by atoms with E-state index in [0.29, 0.717) is 37.8 Å². The molecule has 1 aromatic carbocycles. The van der Waals surface area contributed by atoms with Crippen LogP contribution in [-0.2, 0) is 4.79 Å². The molecule has 0 spiro atoms. The Bertz CT molecular complexity index is 1010. The number of benzene rings is 1. The van der Waals surface area contributed by atoms with Crippen molar-refractivity contribution in [3.8, 4) is 5.69 Å². The number of hydrogen-bond acceptors (Lipinski definition) is 5. The summed E-state index contributed by atoms with van der Waals surface area (Å²) in [6, 6.07) is 13.7. The van der Waals surface area contributed by atoms with Gasteiger partial charge in [0.2, 0.25) is 5.91 Å². The van der Waals surface area contributed by atoms with Crippen LogP contribution >= 0.6 is 11.3 Å². The van der Waals surface area contributed by atoms with Crippen LogP contribution in [0.25, 0.3) is 5.69 Å². The van der Waals surface area contributed by atoms with Crippen molar-refractivity contribution in [3.05, 3.63) is 64.6 Å². The molecule has 1 saturated carbocycles. The molecule has 5 rings (SSSR count). The lowest BCUT2D eigenvalue weighted by atomic mass is 10.2. The van der Waals surface area contributed by atoms with Gasteiger partial charge in [0.25, 0.3) is 5.91 Å². The van der Waals surface area contributed by atoms with Gasteiger partial charge in [-0.2, -0.15) is 9.90 Å². The molecule has 2 amide bonds. The van der Waals surface area contributed by atoms with Crippen LogP contribution in [0.2, 0.25) is 0 Å². The number of rotatable bonds is 4. The average Bonchev–Trinajstić information content (AvgIpc) is 3.17. The van der Waals surface area contributed by atoms with Gasteiger partial charge in [-0.25, -0.2) is 0 Å². The van der Waals surface area contributed by atoms with Gasteiger partial charge in [0.15, 0.2) is 5.69 Å². The third-order valence-electron chi connectivity index (χ3n) is 5.59. The molecule has 29 heavy (non-hydrogen) atoms. The molecular formula is C21H21N5O2S. The second-order valence-corrected chi connectivity index (χ2v) is 8.42.